The third-order valence-electron chi connectivity index (χ3n) is 7.44. The average molecular weight is 612 g/mol. The maximum atomic E-state index is 13.3. The fraction of sp³-hybridized carbons (Fsp3) is 0.500. The Morgan fingerprint density at radius 2 is 1.53 bits per heavy atom. The Hall–Kier alpha value is -3.34. The molecule has 1 heterocycles. The van der Waals surface area contributed by atoms with Crippen molar-refractivity contribution < 1.29 is 35.9 Å². The minimum absolute atomic E-state index is 0.0421. The topological polar surface area (TPSA) is 45.7 Å². The number of carbonyl (C=O) groups excluding carboxylic acids is 1. The van der Waals surface area contributed by atoms with Gasteiger partial charge in [-0.15, -0.1) is 0 Å². The fourth-order valence-electron chi connectivity index (χ4n) is 5.42. The molecule has 0 spiro atoms. The molecule has 4 rings (SSSR count). The van der Waals surface area contributed by atoms with E-state index in [9.17, 15) is 31.1 Å². The zero-order valence-electron chi connectivity index (χ0n) is 24.8. The lowest BCUT2D eigenvalue weighted by Gasteiger charge is -2.32. The molecule has 3 aromatic rings. The molecule has 0 saturated heterocycles. The number of anilines is 1. The number of nitrogens with zero attached hydrogens (tertiary/aromatic N) is 3. The maximum Gasteiger partial charge on any atom is 0.416 e. The summed E-state index contributed by atoms with van der Waals surface area (Å²) in [4.78, 5) is 18.1. The maximum absolute atomic E-state index is 13.3. The number of ether oxygens (including phenoxy) is 1. The molecule has 1 aromatic heterocycles. The van der Waals surface area contributed by atoms with Crippen LogP contribution in [-0.2, 0) is 35.0 Å². The monoisotopic (exact) mass is 611 g/mol. The summed E-state index contributed by atoms with van der Waals surface area (Å²) in [5, 5.41) is 0.937. The Balaban J connectivity index is 0.000000934. The number of hydrogen-bond acceptors (Lipinski definition) is 5. The molecule has 0 N–H and O–H groups in total. The summed E-state index contributed by atoms with van der Waals surface area (Å²) in [6, 6.07) is 11.5. The molecule has 1 saturated carbocycles. The largest absolute Gasteiger partial charge is 0.468 e. The van der Waals surface area contributed by atoms with Gasteiger partial charge in [0.2, 0.25) is 0 Å². The van der Waals surface area contributed by atoms with Gasteiger partial charge in [-0.2, -0.15) is 26.3 Å². The van der Waals surface area contributed by atoms with Crippen molar-refractivity contribution in [2.45, 2.75) is 71.4 Å². The second-order valence-corrected chi connectivity index (χ2v) is 10.8. The Bertz CT molecular complexity index is 1290. The van der Waals surface area contributed by atoms with Crippen molar-refractivity contribution in [3.05, 3.63) is 70.8 Å². The average Bonchev–Trinajstić information content (AvgIpc) is 2.96. The minimum atomic E-state index is -4.87. The lowest BCUT2D eigenvalue weighted by molar-refractivity contribution is -0.143. The molecular weight excluding hydrogens is 572 g/mol. The lowest BCUT2D eigenvalue weighted by Crippen LogP contribution is -2.32. The molecule has 0 bridgehead atoms. The lowest BCUT2D eigenvalue weighted by atomic mass is 9.89. The van der Waals surface area contributed by atoms with E-state index < -0.39 is 23.5 Å². The molecule has 11 heteroatoms. The van der Waals surface area contributed by atoms with E-state index in [1.54, 1.807) is 18.9 Å². The number of fused-ring (bicyclic) bond motifs is 1. The number of benzene rings is 2. The SMILES string of the molecule is CCN(CC1CCCCC1)c1nc2ccccc2cc1CN(C)Cc1cc(C(F)(F)F)cc(C(F)(F)F)c1.CCOC=O. The standard InChI is InChI=1S/C29H33F6N3.C3H6O2/c1-3-38(18-20-9-5-4-6-10-20)27-23(15-22-11-7-8-12-26(22)36-27)19-37(2)17-21-13-24(28(30,31)32)16-25(14-21)29(33,34)35;1-2-5-3-4/h7-8,11-16,20H,3-6,9-10,17-19H2,1-2H3;3H,2H2,1H3. The highest BCUT2D eigenvalue weighted by molar-refractivity contribution is 5.81. The third-order valence-corrected chi connectivity index (χ3v) is 7.44. The van der Waals surface area contributed by atoms with E-state index in [-0.39, 0.29) is 18.2 Å². The number of para-hydroxylation sites is 1. The Kier molecular flexibility index (Phi) is 12.2. The number of pyridine rings is 1. The first-order valence-corrected chi connectivity index (χ1v) is 14.5. The van der Waals surface area contributed by atoms with Gasteiger partial charge in [0.25, 0.3) is 6.47 Å². The van der Waals surface area contributed by atoms with Gasteiger partial charge in [-0.3, -0.25) is 9.69 Å². The van der Waals surface area contributed by atoms with Gasteiger partial charge in [0.1, 0.15) is 5.82 Å². The molecule has 5 nitrogen and oxygen atoms in total. The highest BCUT2D eigenvalue weighted by atomic mass is 19.4. The van der Waals surface area contributed by atoms with E-state index in [1.165, 1.54) is 32.1 Å². The number of halogens is 6. The van der Waals surface area contributed by atoms with Crippen molar-refractivity contribution in [1.82, 2.24) is 9.88 Å². The highest BCUT2D eigenvalue weighted by Gasteiger charge is 2.37. The van der Waals surface area contributed by atoms with Crippen LogP contribution in [0.5, 0.6) is 0 Å². The summed E-state index contributed by atoms with van der Waals surface area (Å²) in [6.45, 7) is 6.62. The van der Waals surface area contributed by atoms with Crippen LogP contribution in [0.1, 0.15) is 68.2 Å². The van der Waals surface area contributed by atoms with E-state index in [4.69, 9.17) is 4.98 Å². The zero-order valence-corrected chi connectivity index (χ0v) is 24.8. The van der Waals surface area contributed by atoms with Crippen molar-refractivity contribution in [2.75, 3.05) is 31.6 Å². The summed E-state index contributed by atoms with van der Waals surface area (Å²) in [6.07, 6.45) is -3.68. The summed E-state index contributed by atoms with van der Waals surface area (Å²) < 4.78 is 84.2. The molecule has 2 aromatic carbocycles. The van der Waals surface area contributed by atoms with Gasteiger partial charge < -0.3 is 9.64 Å². The molecule has 1 aliphatic rings. The molecule has 0 amide bonds. The number of carbonyl (C=O) groups is 1. The number of hydrogen-bond donors (Lipinski definition) is 0. The van der Waals surface area contributed by atoms with Crippen molar-refractivity contribution in [3.8, 4) is 0 Å². The summed E-state index contributed by atoms with van der Waals surface area (Å²) in [5.74, 6) is 1.40. The molecule has 0 radical (unpaired) electrons. The second kappa shape index (κ2) is 15.4. The highest BCUT2D eigenvalue weighted by Crippen LogP contribution is 2.37. The van der Waals surface area contributed by atoms with Gasteiger partial charge in [0.15, 0.2) is 0 Å². The van der Waals surface area contributed by atoms with Gasteiger partial charge >= 0.3 is 12.4 Å². The smallest absolute Gasteiger partial charge is 0.416 e. The first kappa shape index (κ1) is 34.2. The van der Waals surface area contributed by atoms with Crippen LogP contribution in [0.25, 0.3) is 10.9 Å². The van der Waals surface area contributed by atoms with Gasteiger partial charge in [-0.25, -0.2) is 4.98 Å². The van der Waals surface area contributed by atoms with Crippen LogP contribution in [0.3, 0.4) is 0 Å². The molecule has 43 heavy (non-hydrogen) atoms. The van der Waals surface area contributed by atoms with Crippen LogP contribution in [0.4, 0.5) is 32.2 Å². The molecule has 1 fully saturated rings. The molecule has 0 unspecified atom stereocenters. The fourth-order valence-corrected chi connectivity index (χ4v) is 5.42. The normalized spacial score (nSPS) is 14.4. The van der Waals surface area contributed by atoms with Gasteiger partial charge in [0, 0.05) is 37.1 Å². The number of aromatic nitrogens is 1. The summed E-state index contributed by atoms with van der Waals surface area (Å²) in [7, 11) is 1.70. The molecule has 1 aliphatic carbocycles. The van der Waals surface area contributed by atoms with Crippen LogP contribution < -0.4 is 4.90 Å². The van der Waals surface area contributed by atoms with Crippen molar-refractivity contribution in [2.24, 2.45) is 5.92 Å². The third kappa shape index (κ3) is 10.1. The molecule has 0 atom stereocenters. The summed E-state index contributed by atoms with van der Waals surface area (Å²) in [5.41, 5.74) is -0.892. The molecule has 236 valence electrons. The van der Waals surface area contributed by atoms with Crippen LogP contribution in [0, 0.1) is 5.92 Å². The minimum Gasteiger partial charge on any atom is -0.468 e. The predicted octanol–water partition coefficient (Wildman–Crippen LogP) is 8.49. The Labute approximate surface area is 248 Å². The van der Waals surface area contributed by atoms with Gasteiger partial charge in [0.05, 0.1) is 23.3 Å². The van der Waals surface area contributed by atoms with E-state index in [0.717, 1.165) is 47.5 Å². The van der Waals surface area contributed by atoms with Gasteiger partial charge in [-0.1, -0.05) is 37.5 Å². The van der Waals surface area contributed by atoms with Crippen molar-refractivity contribution in [3.63, 3.8) is 0 Å². The van der Waals surface area contributed by atoms with Gasteiger partial charge in [-0.05, 0) is 75.5 Å². The van der Waals surface area contributed by atoms with Crippen molar-refractivity contribution in [1.29, 1.82) is 0 Å². The number of alkyl halides is 6. The molecular formula is C32H39F6N3O2. The number of rotatable bonds is 10. The van der Waals surface area contributed by atoms with Crippen LogP contribution in [0.15, 0.2) is 48.5 Å². The quantitative estimate of drug-likeness (QED) is 0.170. The predicted molar refractivity (Wildman–Crippen MR) is 156 cm³/mol. The van der Waals surface area contributed by atoms with E-state index in [1.807, 2.05) is 30.3 Å². The Morgan fingerprint density at radius 1 is 0.907 bits per heavy atom. The summed E-state index contributed by atoms with van der Waals surface area (Å²) >= 11 is 0. The van der Waals surface area contributed by atoms with E-state index in [0.29, 0.717) is 25.5 Å². The first-order valence-electron chi connectivity index (χ1n) is 14.5. The van der Waals surface area contributed by atoms with E-state index >= 15 is 0 Å². The van der Waals surface area contributed by atoms with E-state index in [2.05, 4.69) is 16.6 Å². The van der Waals surface area contributed by atoms with Crippen LogP contribution in [0.2, 0.25) is 0 Å². The first-order chi connectivity index (χ1) is 20.3. The van der Waals surface area contributed by atoms with Crippen molar-refractivity contribution >= 4 is 23.2 Å². The van der Waals surface area contributed by atoms with Crippen LogP contribution >= 0.6 is 0 Å². The molecule has 0 aliphatic heterocycles. The van der Waals surface area contributed by atoms with Crippen LogP contribution in [-0.4, -0.2) is 43.1 Å². The zero-order chi connectivity index (χ0) is 31.6. The second-order valence-electron chi connectivity index (χ2n) is 10.8. The Morgan fingerprint density at radius 3 is 2.07 bits per heavy atom.